The molecule has 3 rings (SSSR count). The van der Waals surface area contributed by atoms with E-state index < -0.39 is 5.97 Å². The molecule has 22 heavy (non-hydrogen) atoms. The molecule has 1 aliphatic rings. The van der Waals surface area contributed by atoms with Crippen LogP contribution in [0.15, 0.2) is 42.5 Å². The molecule has 0 aromatic heterocycles. The van der Waals surface area contributed by atoms with Gasteiger partial charge in [0.15, 0.2) is 0 Å². The molecule has 1 N–H and O–H groups in total. The lowest BCUT2D eigenvalue weighted by atomic mass is 9.96. The van der Waals surface area contributed by atoms with E-state index in [0.717, 1.165) is 35.5 Å². The fraction of sp³-hybridized carbons (Fsp3) is 0.278. The first-order valence-corrected chi connectivity index (χ1v) is 7.43. The molecule has 0 saturated heterocycles. The van der Waals surface area contributed by atoms with Crippen LogP contribution in [0.3, 0.4) is 0 Å². The largest absolute Gasteiger partial charge is 0.494 e. The third-order valence-corrected chi connectivity index (χ3v) is 3.82. The van der Waals surface area contributed by atoms with Crippen LogP contribution in [-0.2, 0) is 6.42 Å². The zero-order valence-electron chi connectivity index (χ0n) is 12.4. The zero-order valence-corrected chi connectivity index (χ0v) is 12.4. The Labute approximate surface area is 129 Å². The van der Waals surface area contributed by atoms with E-state index in [-0.39, 0.29) is 6.10 Å². The van der Waals surface area contributed by atoms with E-state index in [2.05, 4.69) is 0 Å². The minimum absolute atomic E-state index is 0.0340. The smallest absolute Gasteiger partial charge is 0.335 e. The van der Waals surface area contributed by atoms with E-state index in [4.69, 9.17) is 14.6 Å². The van der Waals surface area contributed by atoms with Gasteiger partial charge in [0.25, 0.3) is 0 Å². The van der Waals surface area contributed by atoms with Crippen molar-refractivity contribution in [3.63, 3.8) is 0 Å². The molecule has 1 heterocycles. The summed E-state index contributed by atoms with van der Waals surface area (Å²) in [7, 11) is 0. The Bertz CT molecular complexity index is 676. The molecule has 0 bridgehead atoms. The van der Waals surface area contributed by atoms with Crippen LogP contribution >= 0.6 is 0 Å². The average Bonchev–Trinajstić information content (AvgIpc) is 2.55. The van der Waals surface area contributed by atoms with Crippen molar-refractivity contribution < 1.29 is 19.4 Å². The number of fused-ring (bicyclic) bond motifs is 1. The number of aromatic carboxylic acids is 1. The molecule has 1 unspecified atom stereocenters. The van der Waals surface area contributed by atoms with Crippen molar-refractivity contribution in [1.82, 2.24) is 0 Å². The lowest BCUT2D eigenvalue weighted by Crippen LogP contribution is -2.15. The first-order valence-electron chi connectivity index (χ1n) is 7.43. The summed E-state index contributed by atoms with van der Waals surface area (Å²) in [6.45, 7) is 2.62. The summed E-state index contributed by atoms with van der Waals surface area (Å²) in [4.78, 5) is 10.9. The van der Waals surface area contributed by atoms with Gasteiger partial charge in [-0.1, -0.05) is 12.1 Å². The minimum Gasteiger partial charge on any atom is -0.494 e. The molecule has 0 aliphatic carbocycles. The molecule has 2 aromatic carbocycles. The summed E-state index contributed by atoms with van der Waals surface area (Å²) < 4.78 is 11.6. The van der Waals surface area contributed by atoms with Gasteiger partial charge in [-0.25, -0.2) is 4.79 Å². The van der Waals surface area contributed by atoms with Gasteiger partial charge in [-0.15, -0.1) is 0 Å². The van der Waals surface area contributed by atoms with Crippen molar-refractivity contribution in [2.45, 2.75) is 25.9 Å². The summed E-state index contributed by atoms with van der Waals surface area (Å²) in [5.74, 6) is 0.834. The van der Waals surface area contributed by atoms with E-state index >= 15 is 0 Å². The Morgan fingerprint density at radius 1 is 1.27 bits per heavy atom. The van der Waals surface area contributed by atoms with Crippen molar-refractivity contribution in [2.75, 3.05) is 6.61 Å². The maximum absolute atomic E-state index is 10.9. The summed E-state index contributed by atoms with van der Waals surface area (Å²) >= 11 is 0. The Hall–Kier alpha value is -2.49. The molecule has 4 nitrogen and oxygen atoms in total. The average molecular weight is 298 g/mol. The molecule has 4 heteroatoms. The fourth-order valence-electron chi connectivity index (χ4n) is 2.70. The van der Waals surface area contributed by atoms with Crippen molar-refractivity contribution in [3.05, 3.63) is 59.2 Å². The second-order valence-corrected chi connectivity index (χ2v) is 5.27. The predicted molar refractivity (Wildman–Crippen MR) is 82.7 cm³/mol. The van der Waals surface area contributed by atoms with E-state index in [0.29, 0.717) is 12.2 Å². The topological polar surface area (TPSA) is 55.8 Å². The maximum atomic E-state index is 10.9. The Kier molecular flexibility index (Phi) is 4.00. The summed E-state index contributed by atoms with van der Waals surface area (Å²) in [6, 6.07) is 12.8. The number of benzene rings is 2. The third kappa shape index (κ3) is 2.91. The molecular weight excluding hydrogens is 280 g/mol. The number of hydrogen-bond acceptors (Lipinski definition) is 3. The van der Waals surface area contributed by atoms with Crippen molar-refractivity contribution in [2.24, 2.45) is 0 Å². The van der Waals surface area contributed by atoms with Gasteiger partial charge in [0.05, 0.1) is 12.2 Å². The number of ether oxygens (including phenoxy) is 2. The quantitative estimate of drug-likeness (QED) is 0.931. The van der Waals surface area contributed by atoms with Gasteiger partial charge < -0.3 is 14.6 Å². The molecule has 0 spiro atoms. The monoisotopic (exact) mass is 298 g/mol. The van der Waals surface area contributed by atoms with Crippen LogP contribution in [-0.4, -0.2) is 17.7 Å². The first kappa shape index (κ1) is 14.4. The lowest BCUT2D eigenvalue weighted by molar-refractivity contribution is 0.0696. The van der Waals surface area contributed by atoms with E-state index in [1.54, 1.807) is 12.1 Å². The lowest BCUT2D eigenvalue weighted by Gasteiger charge is -2.27. The Balaban J connectivity index is 1.77. The van der Waals surface area contributed by atoms with Gasteiger partial charge in [0.1, 0.15) is 17.6 Å². The number of carbonyl (C=O) groups is 1. The van der Waals surface area contributed by atoms with Crippen LogP contribution in [0, 0.1) is 0 Å². The molecule has 1 atom stereocenters. The molecule has 1 aliphatic heterocycles. The van der Waals surface area contributed by atoms with E-state index in [9.17, 15) is 4.79 Å². The molecule has 0 saturated carbocycles. The maximum Gasteiger partial charge on any atom is 0.335 e. The second-order valence-electron chi connectivity index (χ2n) is 5.27. The Morgan fingerprint density at radius 3 is 2.73 bits per heavy atom. The van der Waals surface area contributed by atoms with Crippen molar-refractivity contribution >= 4 is 5.97 Å². The number of carboxylic acids is 1. The summed E-state index contributed by atoms with van der Waals surface area (Å²) in [6.07, 6.45) is 1.75. The van der Waals surface area contributed by atoms with Crippen LogP contribution in [0.4, 0.5) is 0 Å². The normalized spacial score (nSPS) is 16.5. The fourth-order valence-corrected chi connectivity index (χ4v) is 2.70. The zero-order chi connectivity index (χ0) is 15.5. The highest BCUT2D eigenvalue weighted by atomic mass is 16.5. The highest BCUT2D eigenvalue weighted by Gasteiger charge is 2.22. The molecule has 114 valence electrons. The standard InChI is InChI=1S/C18H18O4/c1-2-21-15-8-10-17-14(11-15)7-9-16(22-17)12-3-5-13(6-4-12)18(19)20/h3-6,8,10-11,16H,2,7,9H2,1H3,(H,19,20). The van der Waals surface area contributed by atoms with Gasteiger partial charge in [-0.05, 0) is 61.2 Å². The highest BCUT2D eigenvalue weighted by Crippen LogP contribution is 2.36. The van der Waals surface area contributed by atoms with Gasteiger partial charge in [-0.3, -0.25) is 0 Å². The van der Waals surface area contributed by atoms with E-state index in [1.807, 2.05) is 37.3 Å². The highest BCUT2D eigenvalue weighted by molar-refractivity contribution is 5.87. The van der Waals surface area contributed by atoms with Gasteiger partial charge in [0, 0.05) is 0 Å². The predicted octanol–water partition coefficient (Wildman–Crippen LogP) is 3.85. The third-order valence-electron chi connectivity index (χ3n) is 3.82. The first-order chi connectivity index (χ1) is 10.7. The van der Waals surface area contributed by atoms with Crippen LogP contribution < -0.4 is 9.47 Å². The molecular formula is C18H18O4. The number of hydrogen-bond donors (Lipinski definition) is 1. The second kappa shape index (κ2) is 6.10. The SMILES string of the molecule is CCOc1ccc2c(c1)CCC(c1ccc(C(=O)O)cc1)O2. The number of carboxylic acid groups (broad SMARTS) is 1. The van der Waals surface area contributed by atoms with Gasteiger partial charge in [0.2, 0.25) is 0 Å². The minimum atomic E-state index is -0.912. The molecule has 0 radical (unpaired) electrons. The van der Waals surface area contributed by atoms with Crippen LogP contribution in [0.2, 0.25) is 0 Å². The van der Waals surface area contributed by atoms with Crippen molar-refractivity contribution in [3.8, 4) is 11.5 Å². The Morgan fingerprint density at radius 2 is 2.05 bits per heavy atom. The van der Waals surface area contributed by atoms with Gasteiger partial charge >= 0.3 is 5.97 Å². The van der Waals surface area contributed by atoms with Crippen molar-refractivity contribution in [1.29, 1.82) is 0 Å². The molecule has 0 fully saturated rings. The van der Waals surface area contributed by atoms with Crippen LogP contribution in [0.1, 0.15) is 40.9 Å². The molecule has 0 amide bonds. The molecule has 2 aromatic rings. The number of rotatable bonds is 4. The summed E-state index contributed by atoms with van der Waals surface area (Å²) in [5, 5.41) is 8.94. The van der Waals surface area contributed by atoms with Crippen LogP contribution in [0.5, 0.6) is 11.5 Å². The summed E-state index contributed by atoms with van der Waals surface area (Å²) in [5.41, 5.74) is 2.45. The van der Waals surface area contributed by atoms with Gasteiger partial charge in [-0.2, -0.15) is 0 Å². The number of aryl methyl sites for hydroxylation is 1. The van der Waals surface area contributed by atoms with Crippen LogP contribution in [0.25, 0.3) is 0 Å². The van der Waals surface area contributed by atoms with E-state index in [1.165, 1.54) is 0 Å².